The van der Waals surface area contributed by atoms with Crippen molar-refractivity contribution in [2.45, 2.75) is 64.1 Å². The Morgan fingerprint density at radius 1 is 1.33 bits per heavy atom. The van der Waals surface area contributed by atoms with Crippen molar-refractivity contribution < 1.29 is 9.53 Å². The van der Waals surface area contributed by atoms with E-state index in [2.05, 4.69) is 21.7 Å². The molecule has 0 aliphatic heterocycles. The van der Waals surface area contributed by atoms with Gasteiger partial charge in [-0.3, -0.25) is 0 Å². The molecule has 0 radical (unpaired) electrons. The molecule has 1 aromatic rings. The Kier molecular flexibility index (Phi) is 5.89. The Balaban J connectivity index is 2.08. The Hall–Kier alpha value is -2.00. The predicted octanol–water partition coefficient (Wildman–Crippen LogP) is 3.85. The SMILES string of the molecule is CC(C)(C)OC(=O)N[C@H]1CCCC[C@H]1Nc1nc(Cl)ccc1C#N. The van der Waals surface area contributed by atoms with Crippen LogP contribution in [-0.2, 0) is 4.74 Å². The van der Waals surface area contributed by atoms with Crippen molar-refractivity contribution in [1.29, 1.82) is 5.26 Å². The summed E-state index contributed by atoms with van der Waals surface area (Å²) in [6.07, 6.45) is 3.37. The Morgan fingerprint density at radius 2 is 2.00 bits per heavy atom. The van der Waals surface area contributed by atoms with Gasteiger partial charge in [0.1, 0.15) is 22.6 Å². The van der Waals surface area contributed by atoms with E-state index in [0.29, 0.717) is 16.5 Å². The van der Waals surface area contributed by atoms with E-state index in [1.807, 2.05) is 20.8 Å². The number of carbonyl (C=O) groups is 1. The summed E-state index contributed by atoms with van der Waals surface area (Å²) in [6.45, 7) is 5.49. The number of nitriles is 1. The monoisotopic (exact) mass is 350 g/mol. The van der Waals surface area contributed by atoms with Crippen LogP contribution < -0.4 is 10.6 Å². The van der Waals surface area contributed by atoms with Crippen LogP contribution in [0.5, 0.6) is 0 Å². The Bertz CT molecular complexity index is 636. The fourth-order valence-corrected chi connectivity index (χ4v) is 2.89. The number of ether oxygens (including phenoxy) is 1. The van der Waals surface area contributed by atoms with E-state index in [4.69, 9.17) is 16.3 Å². The van der Waals surface area contributed by atoms with Crippen molar-refractivity contribution >= 4 is 23.5 Å². The second kappa shape index (κ2) is 7.71. The maximum Gasteiger partial charge on any atom is 0.407 e. The average molecular weight is 351 g/mol. The first-order valence-corrected chi connectivity index (χ1v) is 8.49. The van der Waals surface area contributed by atoms with Gasteiger partial charge in [0.15, 0.2) is 0 Å². The highest BCUT2D eigenvalue weighted by Crippen LogP contribution is 2.24. The number of alkyl carbamates (subject to hydrolysis) is 1. The van der Waals surface area contributed by atoms with Gasteiger partial charge in [-0.1, -0.05) is 24.4 Å². The summed E-state index contributed by atoms with van der Waals surface area (Å²) >= 11 is 5.93. The van der Waals surface area contributed by atoms with Crippen molar-refractivity contribution in [1.82, 2.24) is 10.3 Å². The molecule has 1 aliphatic rings. The number of hydrogen-bond acceptors (Lipinski definition) is 5. The first-order valence-electron chi connectivity index (χ1n) is 8.11. The van der Waals surface area contributed by atoms with E-state index >= 15 is 0 Å². The van der Waals surface area contributed by atoms with Gasteiger partial charge in [-0.2, -0.15) is 5.26 Å². The lowest BCUT2D eigenvalue weighted by molar-refractivity contribution is 0.0488. The first kappa shape index (κ1) is 18.3. The van der Waals surface area contributed by atoms with Crippen molar-refractivity contribution in [2.75, 3.05) is 5.32 Å². The highest BCUT2D eigenvalue weighted by Gasteiger charge is 2.29. The highest BCUT2D eigenvalue weighted by atomic mass is 35.5. The van der Waals surface area contributed by atoms with Crippen LogP contribution in [0.15, 0.2) is 12.1 Å². The molecule has 1 heterocycles. The standard InChI is InChI=1S/C17H23ClN4O2/c1-17(2,3)24-16(23)21-13-7-5-4-6-12(13)20-15-11(10-19)8-9-14(18)22-15/h8-9,12-13H,4-7H2,1-3H3,(H,20,22)(H,21,23)/t12-,13+/m1/s1. The van der Waals surface area contributed by atoms with Crippen LogP contribution in [0.1, 0.15) is 52.0 Å². The topological polar surface area (TPSA) is 87.0 Å². The van der Waals surface area contributed by atoms with E-state index in [1.165, 1.54) is 0 Å². The molecule has 1 saturated carbocycles. The number of halogens is 1. The predicted molar refractivity (Wildman–Crippen MR) is 93.0 cm³/mol. The summed E-state index contributed by atoms with van der Waals surface area (Å²) in [5.74, 6) is 0.452. The zero-order valence-corrected chi connectivity index (χ0v) is 15.0. The molecular weight excluding hydrogens is 328 g/mol. The number of aromatic nitrogens is 1. The van der Waals surface area contributed by atoms with Gasteiger partial charge in [-0.25, -0.2) is 9.78 Å². The van der Waals surface area contributed by atoms with Gasteiger partial charge in [0.2, 0.25) is 0 Å². The smallest absolute Gasteiger partial charge is 0.407 e. The third-order valence-corrected chi connectivity index (χ3v) is 3.98. The molecule has 1 aromatic heterocycles. The van der Waals surface area contributed by atoms with Crippen LogP contribution in [0.3, 0.4) is 0 Å². The fourth-order valence-electron chi connectivity index (χ4n) is 2.75. The zero-order chi connectivity index (χ0) is 17.7. The van der Waals surface area contributed by atoms with Crippen LogP contribution in [0.25, 0.3) is 0 Å². The molecule has 2 rings (SSSR count). The number of rotatable bonds is 3. The summed E-state index contributed by atoms with van der Waals surface area (Å²) in [7, 11) is 0. The normalized spacial score (nSPS) is 20.8. The second-order valence-electron chi connectivity index (χ2n) is 6.93. The fraction of sp³-hybridized carbons (Fsp3) is 0.588. The third-order valence-electron chi connectivity index (χ3n) is 3.77. The van der Waals surface area contributed by atoms with Gasteiger partial charge in [-0.05, 0) is 45.7 Å². The average Bonchev–Trinajstić information content (AvgIpc) is 2.47. The minimum absolute atomic E-state index is 0.0238. The summed E-state index contributed by atoms with van der Waals surface area (Å²) in [6, 6.07) is 5.22. The zero-order valence-electron chi connectivity index (χ0n) is 14.2. The van der Waals surface area contributed by atoms with Crippen molar-refractivity contribution in [3.63, 3.8) is 0 Å². The lowest BCUT2D eigenvalue weighted by atomic mass is 9.90. The first-order chi connectivity index (χ1) is 11.3. The molecule has 24 heavy (non-hydrogen) atoms. The van der Waals surface area contributed by atoms with E-state index < -0.39 is 11.7 Å². The number of pyridine rings is 1. The molecule has 7 heteroatoms. The molecule has 1 fully saturated rings. The molecule has 6 nitrogen and oxygen atoms in total. The molecule has 0 bridgehead atoms. The van der Waals surface area contributed by atoms with Crippen LogP contribution in [0.4, 0.5) is 10.6 Å². The molecule has 0 unspecified atom stereocenters. The van der Waals surface area contributed by atoms with Crippen LogP contribution >= 0.6 is 11.6 Å². The number of hydrogen-bond donors (Lipinski definition) is 2. The lowest BCUT2D eigenvalue weighted by Gasteiger charge is -2.33. The number of carbonyl (C=O) groups excluding carboxylic acids is 1. The molecule has 130 valence electrons. The second-order valence-corrected chi connectivity index (χ2v) is 7.32. The maximum absolute atomic E-state index is 12.1. The number of anilines is 1. The van der Waals surface area contributed by atoms with Gasteiger partial charge < -0.3 is 15.4 Å². The quantitative estimate of drug-likeness (QED) is 0.808. The molecule has 0 aromatic carbocycles. The number of amides is 1. The minimum atomic E-state index is -0.538. The van der Waals surface area contributed by atoms with E-state index in [1.54, 1.807) is 12.1 Å². The largest absolute Gasteiger partial charge is 0.444 e. The molecule has 2 N–H and O–H groups in total. The molecule has 1 amide bonds. The Labute approximate surface area is 147 Å². The lowest BCUT2D eigenvalue weighted by Crippen LogP contribution is -2.50. The van der Waals surface area contributed by atoms with Gasteiger partial charge in [0, 0.05) is 6.04 Å². The van der Waals surface area contributed by atoms with Gasteiger partial charge >= 0.3 is 6.09 Å². The van der Waals surface area contributed by atoms with E-state index in [9.17, 15) is 10.1 Å². The van der Waals surface area contributed by atoms with Crippen molar-refractivity contribution in [2.24, 2.45) is 0 Å². The molecule has 2 atom stereocenters. The van der Waals surface area contributed by atoms with E-state index in [-0.39, 0.29) is 12.1 Å². The highest BCUT2D eigenvalue weighted by molar-refractivity contribution is 6.29. The Morgan fingerprint density at radius 3 is 2.62 bits per heavy atom. The molecule has 0 saturated heterocycles. The van der Waals surface area contributed by atoms with Crippen LogP contribution in [0.2, 0.25) is 5.15 Å². The molecular formula is C17H23ClN4O2. The maximum atomic E-state index is 12.1. The van der Waals surface area contributed by atoms with Gasteiger partial charge in [0.25, 0.3) is 0 Å². The summed E-state index contributed by atoms with van der Waals surface area (Å²) < 4.78 is 5.34. The van der Waals surface area contributed by atoms with Gasteiger partial charge in [0.05, 0.1) is 11.6 Å². The van der Waals surface area contributed by atoms with Crippen LogP contribution in [-0.4, -0.2) is 28.8 Å². The van der Waals surface area contributed by atoms with Crippen LogP contribution in [0, 0.1) is 11.3 Å². The summed E-state index contributed by atoms with van der Waals surface area (Å²) in [4.78, 5) is 16.3. The summed E-state index contributed by atoms with van der Waals surface area (Å²) in [5, 5.41) is 15.7. The number of nitrogens with zero attached hydrogens (tertiary/aromatic N) is 2. The minimum Gasteiger partial charge on any atom is -0.444 e. The third kappa shape index (κ3) is 5.27. The van der Waals surface area contributed by atoms with Crippen molar-refractivity contribution in [3.8, 4) is 6.07 Å². The van der Waals surface area contributed by atoms with Gasteiger partial charge in [-0.15, -0.1) is 0 Å². The molecule has 0 spiro atoms. The molecule has 1 aliphatic carbocycles. The van der Waals surface area contributed by atoms with E-state index in [0.717, 1.165) is 25.7 Å². The summed E-state index contributed by atoms with van der Waals surface area (Å²) in [5.41, 5.74) is -0.106. The number of nitrogens with one attached hydrogen (secondary N) is 2. The van der Waals surface area contributed by atoms with Crippen molar-refractivity contribution in [3.05, 3.63) is 22.8 Å².